The zero-order valence-electron chi connectivity index (χ0n) is 45.3. The Balaban J connectivity index is 0.000000102. The monoisotopic (exact) mass is 1440 g/mol. The van der Waals surface area contributed by atoms with Crippen LogP contribution in [-0.4, -0.2) is 47.3 Å². The number of benzene rings is 10. The summed E-state index contributed by atoms with van der Waals surface area (Å²) in [4.78, 5) is 23.0. The van der Waals surface area contributed by atoms with E-state index in [1.807, 2.05) is 97.7 Å². The normalized spacial score (nSPS) is 12.2. The summed E-state index contributed by atoms with van der Waals surface area (Å²) in [5.41, 5.74) is 18.8. The summed E-state index contributed by atoms with van der Waals surface area (Å²) in [5, 5.41) is 5.92. The Bertz CT molecular complexity index is 4710. The number of hydrogen-bond donors (Lipinski definition) is 0. The number of nitrogens with zero attached hydrogens (tertiary/aromatic N) is 9. The van der Waals surface area contributed by atoms with E-state index in [9.17, 15) is 0 Å². The van der Waals surface area contributed by atoms with Crippen LogP contribution >= 0.6 is 0 Å². The van der Waals surface area contributed by atoms with Crippen LogP contribution in [0, 0.1) is 24.3 Å². The van der Waals surface area contributed by atoms with Crippen molar-refractivity contribution in [3.63, 3.8) is 0 Å². The number of rotatable bonds is 1. The molecule has 0 aliphatic carbocycles. The van der Waals surface area contributed by atoms with Gasteiger partial charge in [-0.25, -0.2) is 0 Å². The predicted molar refractivity (Wildman–Crippen MR) is 338 cm³/mol. The minimum absolute atomic E-state index is 0. The largest absolute Gasteiger partial charge is 0.404 e. The van der Waals surface area contributed by atoms with Crippen LogP contribution in [0.2, 0.25) is 0 Å². The smallest absolute Gasteiger partial charge is 0.403 e. The number of aromatic nitrogens is 7. The topological polar surface area (TPSA) is 72.3 Å². The fourth-order valence-electron chi connectivity index (χ4n) is 12.7. The maximum absolute atomic E-state index is 4.62. The van der Waals surface area contributed by atoms with Gasteiger partial charge >= 0.3 is 14.0 Å². The number of anilines is 4. The molecule has 9 nitrogen and oxygen atoms in total. The number of imidazole rings is 3. The maximum Gasteiger partial charge on any atom is 0.404 e. The molecule has 0 amide bonds. The van der Waals surface area contributed by atoms with Gasteiger partial charge in [-0.15, -0.1) is 114 Å². The van der Waals surface area contributed by atoms with Crippen molar-refractivity contribution in [3.05, 3.63) is 298 Å². The molecular weight excluding hydrogens is 1400 g/mol. The third kappa shape index (κ3) is 8.86. The minimum Gasteiger partial charge on any atom is -0.403 e. The summed E-state index contributed by atoms with van der Waals surface area (Å²) < 4.78 is 6.63. The van der Waals surface area contributed by atoms with Crippen LogP contribution in [0.3, 0.4) is 0 Å². The van der Waals surface area contributed by atoms with Gasteiger partial charge in [0.15, 0.2) is 0 Å². The van der Waals surface area contributed by atoms with E-state index in [2.05, 4.69) is 243 Å². The van der Waals surface area contributed by atoms with Gasteiger partial charge in [-0.3, -0.25) is 15.0 Å². The van der Waals surface area contributed by atoms with E-state index in [-0.39, 0.29) is 54.2 Å². The molecule has 0 bridgehead atoms. The van der Waals surface area contributed by atoms with Gasteiger partial charge in [0.2, 0.25) is 0 Å². The van der Waals surface area contributed by atoms with Crippen molar-refractivity contribution in [1.29, 1.82) is 0 Å². The van der Waals surface area contributed by atoms with Crippen molar-refractivity contribution in [2.75, 3.05) is 9.62 Å². The van der Waals surface area contributed by atoms with E-state index in [1.54, 1.807) is 0 Å². The molecule has 5 aromatic heterocycles. The molecule has 4 aliphatic heterocycles. The number of hydrogen-bond acceptors (Lipinski definition) is 6. The Hall–Kier alpha value is -9.73. The van der Waals surface area contributed by atoms with Crippen LogP contribution in [0.4, 0.5) is 22.7 Å². The molecule has 10 aromatic carbocycles. The van der Waals surface area contributed by atoms with Crippen molar-refractivity contribution < 1.29 is 40.2 Å². The number of para-hydroxylation sites is 3. The summed E-state index contributed by atoms with van der Waals surface area (Å²) in [5.74, 6) is 1.96. The Kier molecular flexibility index (Phi) is 14.1. The Morgan fingerprint density at radius 2 is 0.847 bits per heavy atom. The van der Waals surface area contributed by atoms with Crippen LogP contribution < -0.4 is 20.5 Å². The summed E-state index contributed by atoms with van der Waals surface area (Å²) in [6.45, 7) is 0.152. The molecule has 0 atom stereocenters. The molecule has 19 rings (SSSR count). The van der Waals surface area contributed by atoms with Crippen molar-refractivity contribution in [3.8, 4) is 56.3 Å². The second-order valence-corrected chi connectivity index (χ2v) is 20.6. The number of pyridine rings is 2. The van der Waals surface area contributed by atoms with Gasteiger partial charge in [-0.05, 0) is 68.2 Å². The molecule has 0 saturated carbocycles. The maximum atomic E-state index is 4.62. The molecule has 15 aromatic rings. The first kappa shape index (κ1) is 53.3. The van der Waals surface area contributed by atoms with Gasteiger partial charge in [0.1, 0.15) is 0 Å². The van der Waals surface area contributed by atoms with E-state index in [4.69, 9.17) is 0 Å². The molecule has 0 saturated heterocycles. The summed E-state index contributed by atoms with van der Waals surface area (Å²) in [6.07, 6.45) is 13.6. The summed E-state index contributed by atoms with van der Waals surface area (Å²) >= 11 is 0. The van der Waals surface area contributed by atoms with Gasteiger partial charge in [0.25, 0.3) is 0 Å². The molecular formula is C72H45B2Ir2N9-4. The zero-order valence-corrected chi connectivity index (χ0v) is 50.1. The van der Waals surface area contributed by atoms with Gasteiger partial charge < -0.3 is 28.0 Å². The van der Waals surface area contributed by atoms with Gasteiger partial charge in [0.05, 0.1) is 5.65 Å². The zero-order chi connectivity index (χ0) is 54.8. The second-order valence-electron chi connectivity index (χ2n) is 20.6. The second kappa shape index (κ2) is 22.4. The van der Waals surface area contributed by atoms with Crippen LogP contribution in [0.15, 0.2) is 274 Å². The minimum atomic E-state index is 0. The van der Waals surface area contributed by atoms with Gasteiger partial charge in [0, 0.05) is 123 Å². The third-order valence-electron chi connectivity index (χ3n) is 16.2. The average Bonchev–Trinajstić information content (AvgIpc) is 1.91. The van der Waals surface area contributed by atoms with Crippen LogP contribution in [0.5, 0.6) is 0 Å². The SMILES string of the molecule is [Ir].[Ir].[c-]1cccc2c1-c1nccn1B1c3ccccc3-c3ccccc3N12.[c-]1cccc2c1-c1nccn1B1c3ccccc3-c3ccccc3N12.[c-]1cccc2c1c1nccn1c1ccccc21.[c-]1ccccc1-c1nccc2ccccc12. The molecule has 0 N–H and O–H groups in total. The molecule has 0 unspecified atom stereocenters. The number of fused-ring (bicyclic) bond motifs is 29. The first-order valence-electron chi connectivity index (χ1n) is 27.7. The fraction of sp³-hybridized carbons (Fsp3) is 0. The van der Waals surface area contributed by atoms with Crippen LogP contribution in [-0.2, 0) is 40.2 Å². The third-order valence-corrected chi connectivity index (χ3v) is 16.2. The van der Waals surface area contributed by atoms with Crippen molar-refractivity contribution in [1.82, 2.24) is 33.3 Å². The predicted octanol–water partition coefficient (Wildman–Crippen LogP) is 14.6. The molecule has 9 heterocycles. The standard InChI is InChI=1S/2C21H13BN3.C15H9N2.C15H10N.2Ir/c2*1-4-10-18-15(7-1)16-8-2-5-11-19(16)25-20-12-6-3-9-17(20)21-23-13-14-24(21)22(18)25;1-2-7-13-11(5-1)12-6-3-4-8-14(12)17-10-9-16-15(13)17;1-2-7-13(8-3-1)15-14-9-5-4-6-12(14)10-11-16-15;;/h2*1-8,10-14H;1-6,8-10H;1-7,9-11H;;/q4*-1;;. The Labute approximate surface area is 519 Å². The first-order valence-corrected chi connectivity index (χ1v) is 27.7. The van der Waals surface area contributed by atoms with E-state index < -0.39 is 0 Å². The molecule has 85 heavy (non-hydrogen) atoms. The average molecular weight is 1440 g/mol. The molecule has 406 valence electrons. The van der Waals surface area contributed by atoms with Gasteiger partial charge in [-0.1, -0.05) is 155 Å². The van der Waals surface area contributed by atoms with Gasteiger partial charge in [-0.2, -0.15) is 0 Å². The molecule has 2 radical (unpaired) electrons. The van der Waals surface area contributed by atoms with Crippen molar-refractivity contribution in [2.24, 2.45) is 0 Å². The summed E-state index contributed by atoms with van der Waals surface area (Å²) in [6, 6.07) is 93.0. The quantitative estimate of drug-likeness (QED) is 0.0926. The van der Waals surface area contributed by atoms with E-state index in [0.29, 0.717) is 0 Å². The molecule has 0 spiro atoms. The molecule has 4 aliphatic rings. The molecule has 0 fully saturated rings. The fourth-order valence-corrected chi connectivity index (χ4v) is 12.7. The van der Waals surface area contributed by atoms with E-state index >= 15 is 0 Å². The Morgan fingerprint density at radius 1 is 0.353 bits per heavy atom. The molecule has 13 heteroatoms. The van der Waals surface area contributed by atoms with Crippen molar-refractivity contribution in [2.45, 2.75) is 0 Å². The van der Waals surface area contributed by atoms with Crippen molar-refractivity contribution >= 4 is 85.7 Å². The summed E-state index contributed by atoms with van der Waals surface area (Å²) in [7, 11) is 0. The Morgan fingerprint density at radius 3 is 1.48 bits per heavy atom. The van der Waals surface area contributed by atoms with E-state index in [1.165, 1.54) is 71.6 Å². The van der Waals surface area contributed by atoms with Crippen LogP contribution in [0.1, 0.15) is 0 Å². The first-order chi connectivity index (χ1) is 41.3. The van der Waals surface area contributed by atoms with E-state index in [0.717, 1.165) is 56.4 Å². The van der Waals surface area contributed by atoms with Crippen LogP contribution in [0.25, 0.3) is 94.4 Å².